The molecular weight excluding hydrogens is 656 g/mol. The standard InChI is InChI=1S/C36H44N8O7/c1-20(2)31(43-32(46)26(37)14-21-9-11-24(45)12-10-21)35(49)44-13-5-8-30(44)34(48)41-28(16-23-18-38-19-40-23)33(47)42-29(36(50)51)15-22-17-39-27-7-4-3-6-25(22)27/h3-4,6-7,9-12,17-20,26,28-31,39,45H,5,8,13-16,37H2,1-2H3,(H,38,40)(H,41,48)(H,42,47)(H,43,46)(H,50,51)/t26-,28-,29-,30-,31-/m0/s1. The van der Waals surface area contributed by atoms with Crippen molar-refractivity contribution in [1.82, 2.24) is 35.8 Å². The monoisotopic (exact) mass is 700 g/mol. The van der Waals surface area contributed by atoms with Gasteiger partial charge in [-0.1, -0.05) is 44.2 Å². The lowest BCUT2D eigenvalue weighted by atomic mass is 10.00. The van der Waals surface area contributed by atoms with E-state index in [9.17, 15) is 34.2 Å². The number of carbonyl (C=O) groups excluding carboxylic acids is 4. The SMILES string of the molecule is CC(C)[C@H](NC(=O)[C@@H](N)Cc1ccc(O)cc1)C(=O)N1CCC[C@H]1C(=O)N[C@@H](Cc1c[nH]cn1)C(=O)N[C@@H](Cc1c[nH]c2ccccc12)C(=O)O. The number of H-pyrrole nitrogens is 2. The van der Waals surface area contributed by atoms with Gasteiger partial charge in [0.15, 0.2) is 0 Å². The number of nitrogens with one attached hydrogen (secondary N) is 5. The number of amides is 4. The van der Waals surface area contributed by atoms with Crippen molar-refractivity contribution in [2.75, 3.05) is 6.54 Å². The Morgan fingerprint density at radius 1 is 0.941 bits per heavy atom. The second-order valence-electron chi connectivity index (χ2n) is 13.2. The van der Waals surface area contributed by atoms with E-state index in [4.69, 9.17) is 5.73 Å². The molecule has 270 valence electrons. The van der Waals surface area contributed by atoms with E-state index >= 15 is 0 Å². The molecule has 0 unspecified atom stereocenters. The van der Waals surface area contributed by atoms with Gasteiger partial charge in [0, 0.05) is 42.7 Å². The molecule has 1 saturated heterocycles. The summed E-state index contributed by atoms with van der Waals surface area (Å²) in [5.41, 5.74) is 8.91. The zero-order valence-corrected chi connectivity index (χ0v) is 28.5. The average Bonchev–Trinajstić information content (AvgIpc) is 3.89. The number of aliphatic carboxylic acids is 1. The number of aromatic amines is 2. The maximum absolute atomic E-state index is 13.9. The Labute approximate surface area is 294 Å². The van der Waals surface area contributed by atoms with Crippen molar-refractivity contribution in [2.45, 2.75) is 76.2 Å². The summed E-state index contributed by atoms with van der Waals surface area (Å²) < 4.78 is 0. The first kappa shape index (κ1) is 36.6. The van der Waals surface area contributed by atoms with Crippen LogP contribution in [0.1, 0.15) is 43.5 Å². The Balaban J connectivity index is 1.27. The number of rotatable bonds is 15. The van der Waals surface area contributed by atoms with Gasteiger partial charge >= 0.3 is 5.97 Å². The summed E-state index contributed by atoms with van der Waals surface area (Å²) in [5, 5.41) is 28.5. The molecule has 2 aromatic carbocycles. The maximum atomic E-state index is 13.9. The number of nitrogens with zero attached hydrogens (tertiary/aromatic N) is 2. The molecule has 0 bridgehead atoms. The molecule has 4 amide bonds. The number of carboxylic acid groups (broad SMARTS) is 1. The number of carbonyl (C=O) groups is 5. The second-order valence-corrected chi connectivity index (χ2v) is 13.2. The van der Waals surface area contributed by atoms with Crippen LogP contribution in [0.25, 0.3) is 10.9 Å². The van der Waals surface area contributed by atoms with E-state index in [1.807, 2.05) is 24.3 Å². The third-order valence-corrected chi connectivity index (χ3v) is 9.11. The molecule has 2 aromatic heterocycles. The van der Waals surface area contributed by atoms with Gasteiger partial charge in [0.05, 0.1) is 18.1 Å². The number of aromatic hydroxyl groups is 1. The van der Waals surface area contributed by atoms with Crippen LogP contribution in [0.3, 0.4) is 0 Å². The fraction of sp³-hybridized carbons (Fsp3) is 0.389. The predicted molar refractivity (Wildman–Crippen MR) is 187 cm³/mol. The van der Waals surface area contributed by atoms with E-state index < -0.39 is 59.8 Å². The van der Waals surface area contributed by atoms with Crippen molar-refractivity contribution >= 4 is 40.5 Å². The lowest BCUT2D eigenvalue weighted by Crippen LogP contribution is -2.59. The molecule has 1 aliphatic heterocycles. The van der Waals surface area contributed by atoms with Gasteiger partial charge in [0.2, 0.25) is 23.6 Å². The molecule has 1 aliphatic rings. The Kier molecular flexibility index (Phi) is 11.7. The van der Waals surface area contributed by atoms with E-state index in [2.05, 4.69) is 30.9 Å². The topological polar surface area (TPSA) is 236 Å². The number of aromatic nitrogens is 3. The summed E-state index contributed by atoms with van der Waals surface area (Å²) in [5.74, 6) is -3.78. The quantitative estimate of drug-likeness (QED) is 0.0887. The van der Waals surface area contributed by atoms with Crippen LogP contribution in [0, 0.1) is 5.92 Å². The predicted octanol–water partition coefficient (Wildman–Crippen LogP) is 1.14. The van der Waals surface area contributed by atoms with Crippen LogP contribution in [-0.4, -0.2) is 96.4 Å². The summed E-state index contributed by atoms with van der Waals surface area (Å²) >= 11 is 0. The Bertz CT molecular complexity index is 1840. The third kappa shape index (κ3) is 9.11. The van der Waals surface area contributed by atoms with Crippen molar-refractivity contribution in [1.29, 1.82) is 0 Å². The highest BCUT2D eigenvalue weighted by Gasteiger charge is 2.40. The number of nitrogens with two attached hydrogens (primary N) is 1. The minimum atomic E-state index is -1.30. The van der Waals surface area contributed by atoms with Crippen LogP contribution in [0.5, 0.6) is 5.75 Å². The van der Waals surface area contributed by atoms with Gasteiger partial charge in [0.25, 0.3) is 0 Å². The van der Waals surface area contributed by atoms with Crippen molar-refractivity contribution in [3.63, 3.8) is 0 Å². The number of hydrogen-bond donors (Lipinski definition) is 8. The average molecular weight is 701 g/mol. The molecule has 0 spiro atoms. The van der Waals surface area contributed by atoms with Crippen molar-refractivity contribution in [2.24, 2.45) is 11.7 Å². The van der Waals surface area contributed by atoms with E-state index in [1.54, 1.807) is 38.4 Å². The minimum absolute atomic E-state index is 0.0000300. The van der Waals surface area contributed by atoms with Crippen LogP contribution in [0.4, 0.5) is 0 Å². The second kappa shape index (κ2) is 16.3. The summed E-state index contributed by atoms with van der Waals surface area (Å²) in [6.07, 6.45) is 5.70. The van der Waals surface area contributed by atoms with Gasteiger partial charge in [-0.15, -0.1) is 0 Å². The lowest BCUT2D eigenvalue weighted by molar-refractivity contribution is -0.144. The van der Waals surface area contributed by atoms with Gasteiger partial charge < -0.3 is 46.8 Å². The molecule has 15 nitrogen and oxygen atoms in total. The normalized spacial score (nSPS) is 16.7. The molecule has 0 radical (unpaired) electrons. The lowest BCUT2D eigenvalue weighted by Gasteiger charge is -2.32. The van der Waals surface area contributed by atoms with Crippen LogP contribution < -0.4 is 21.7 Å². The molecule has 51 heavy (non-hydrogen) atoms. The Morgan fingerprint density at radius 3 is 2.37 bits per heavy atom. The third-order valence-electron chi connectivity index (χ3n) is 9.11. The van der Waals surface area contributed by atoms with Gasteiger partial charge in [-0.25, -0.2) is 9.78 Å². The fourth-order valence-electron chi connectivity index (χ4n) is 6.32. The maximum Gasteiger partial charge on any atom is 0.326 e. The number of fused-ring (bicyclic) bond motifs is 1. The summed E-state index contributed by atoms with van der Waals surface area (Å²) in [4.78, 5) is 78.3. The largest absolute Gasteiger partial charge is 0.508 e. The van der Waals surface area contributed by atoms with Gasteiger partial charge in [-0.2, -0.15) is 0 Å². The van der Waals surface area contributed by atoms with Gasteiger partial charge in [-0.05, 0) is 54.5 Å². The fourth-order valence-corrected chi connectivity index (χ4v) is 6.32. The molecule has 4 aromatic rings. The highest BCUT2D eigenvalue weighted by Crippen LogP contribution is 2.22. The minimum Gasteiger partial charge on any atom is -0.508 e. The zero-order chi connectivity index (χ0) is 36.7. The Hall–Kier alpha value is -5.70. The van der Waals surface area contributed by atoms with Crippen LogP contribution in [-0.2, 0) is 43.2 Å². The number of phenolic OH excluding ortho intramolecular Hbond substituents is 1. The summed E-state index contributed by atoms with van der Waals surface area (Å²) in [7, 11) is 0. The first-order valence-corrected chi connectivity index (χ1v) is 16.9. The van der Waals surface area contributed by atoms with Gasteiger partial charge in [0.1, 0.15) is 29.9 Å². The molecular formula is C36H44N8O7. The van der Waals surface area contributed by atoms with E-state index in [1.165, 1.54) is 23.4 Å². The van der Waals surface area contributed by atoms with Crippen LogP contribution in [0.2, 0.25) is 0 Å². The van der Waals surface area contributed by atoms with Crippen molar-refractivity contribution in [3.05, 3.63) is 84.1 Å². The molecule has 1 fully saturated rings. The molecule has 5 atom stereocenters. The van der Waals surface area contributed by atoms with Crippen LogP contribution in [0.15, 0.2) is 67.3 Å². The zero-order valence-electron chi connectivity index (χ0n) is 28.5. The number of benzene rings is 2. The molecule has 3 heterocycles. The van der Waals surface area contributed by atoms with E-state index in [0.717, 1.165) is 16.5 Å². The highest BCUT2D eigenvalue weighted by molar-refractivity contribution is 5.96. The number of likely N-dealkylation sites (tertiary alicyclic amines) is 1. The number of imidazole rings is 1. The molecule has 5 rings (SSSR count). The summed E-state index contributed by atoms with van der Waals surface area (Å²) in [6, 6.07) is 8.37. The van der Waals surface area contributed by atoms with Crippen LogP contribution >= 0.6 is 0 Å². The smallest absolute Gasteiger partial charge is 0.326 e. The van der Waals surface area contributed by atoms with Crippen molar-refractivity contribution in [3.8, 4) is 5.75 Å². The first-order chi connectivity index (χ1) is 24.4. The molecule has 0 saturated carbocycles. The number of carboxylic acids is 1. The number of phenols is 1. The van der Waals surface area contributed by atoms with E-state index in [-0.39, 0.29) is 37.5 Å². The Morgan fingerprint density at radius 2 is 1.69 bits per heavy atom. The molecule has 0 aliphatic carbocycles. The van der Waals surface area contributed by atoms with E-state index in [0.29, 0.717) is 24.1 Å². The summed E-state index contributed by atoms with van der Waals surface area (Å²) in [6.45, 7) is 3.81. The highest BCUT2D eigenvalue weighted by atomic mass is 16.4. The van der Waals surface area contributed by atoms with Crippen molar-refractivity contribution < 1.29 is 34.2 Å². The number of hydrogen-bond acceptors (Lipinski definition) is 8. The molecule has 15 heteroatoms. The number of para-hydroxylation sites is 1. The van der Waals surface area contributed by atoms with Gasteiger partial charge in [-0.3, -0.25) is 19.2 Å². The first-order valence-electron chi connectivity index (χ1n) is 16.9. The molecule has 9 N–H and O–H groups in total.